The summed E-state index contributed by atoms with van der Waals surface area (Å²) in [6.07, 6.45) is 1.91. The van der Waals surface area contributed by atoms with E-state index in [-0.39, 0.29) is 11.0 Å². The molecule has 2 rings (SSSR count). The Hall–Kier alpha value is -2.46. The molecular formula is C28H35F4O5S-. The number of rotatable bonds is 9. The lowest BCUT2D eigenvalue weighted by molar-refractivity contribution is 0.0710. The van der Waals surface area contributed by atoms with Crippen molar-refractivity contribution in [1.29, 1.82) is 0 Å². The summed E-state index contributed by atoms with van der Waals surface area (Å²) in [7, 11) is -5.91. The van der Waals surface area contributed by atoms with Crippen molar-refractivity contribution >= 4 is 16.1 Å². The highest BCUT2D eigenvalue weighted by Crippen LogP contribution is 2.42. The van der Waals surface area contributed by atoms with E-state index >= 15 is 0 Å². The van der Waals surface area contributed by atoms with Crippen molar-refractivity contribution in [1.82, 2.24) is 0 Å². The van der Waals surface area contributed by atoms with Crippen LogP contribution in [0.4, 0.5) is 17.6 Å². The number of carbonyl (C=O) groups is 1. The van der Waals surface area contributed by atoms with Crippen LogP contribution in [0.15, 0.2) is 17.0 Å². The number of hydrogen-bond donors (Lipinski definition) is 0. The number of benzene rings is 2. The molecule has 2 aromatic carbocycles. The summed E-state index contributed by atoms with van der Waals surface area (Å²) < 4.78 is 96.6. The van der Waals surface area contributed by atoms with Crippen LogP contribution in [0.3, 0.4) is 0 Å². The van der Waals surface area contributed by atoms with E-state index in [0.29, 0.717) is 24.0 Å². The maximum atomic E-state index is 14.7. The Kier molecular flexibility index (Phi) is 8.86. The molecule has 38 heavy (non-hydrogen) atoms. The third-order valence-electron chi connectivity index (χ3n) is 7.86. The summed E-state index contributed by atoms with van der Waals surface area (Å²) in [6.45, 7) is 17.5. The second kappa shape index (κ2) is 10.6. The van der Waals surface area contributed by atoms with Gasteiger partial charge in [-0.3, -0.25) is 0 Å². The van der Waals surface area contributed by atoms with Crippen molar-refractivity contribution in [2.24, 2.45) is 0 Å². The van der Waals surface area contributed by atoms with Crippen molar-refractivity contribution < 1.29 is 40.1 Å². The molecule has 5 nitrogen and oxygen atoms in total. The lowest BCUT2D eigenvalue weighted by Gasteiger charge is -2.35. The Labute approximate surface area is 222 Å². The molecule has 0 saturated heterocycles. The van der Waals surface area contributed by atoms with Gasteiger partial charge in [-0.2, -0.15) is 8.78 Å². The van der Waals surface area contributed by atoms with Crippen LogP contribution in [-0.2, 0) is 26.4 Å². The van der Waals surface area contributed by atoms with Crippen LogP contribution in [0.5, 0.6) is 5.75 Å². The van der Waals surface area contributed by atoms with Gasteiger partial charge in [0.1, 0.15) is 15.0 Å². The number of carbonyl (C=O) groups excluding carboxylic acids is 1. The van der Waals surface area contributed by atoms with Crippen LogP contribution in [0.2, 0.25) is 0 Å². The fourth-order valence-electron chi connectivity index (χ4n) is 3.95. The molecule has 0 bridgehead atoms. The van der Waals surface area contributed by atoms with Crippen LogP contribution in [0.1, 0.15) is 109 Å². The molecule has 0 spiro atoms. The minimum Gasteiger partial charge on any atom is -0.744 e. The maximum absolute atomic E-state index is 14.7. The van der Waals surface area contributed by atoms with Crippen LogP contribution in [0, 0.1) is 23.3 Å². The van der Waals surface area contributed by atoms with E-state index < -0.39 is 60.8 Å². The molecule has 0 radical (unpaired) electrons. The van der Waals surface area contributed by atoms with Gasteiger partial charge in [0.2, 0.25) is 17.4 Å². The van der Waals surface area contributed by atoms with E-state index in [4.69, 9.17) is 4.74 Å². The average Bonchev–Trinajstić information content (AvgIpc) is 2.83. The van der Waals surface area contributed by atoms with Crippen molar-refractivity contribution in [3.05, 3.63) is 57.7 Å². The van der Waals surface area contributed by atoms with Gasteiger partial charge in [-0.1, -0.05) is 74.4 Å². The lowest BCUT2D eigenvalue weighted by atomic mass is 9.69. The molecule has 10 heteroatoms. The zero-order chi connectivity index (χ0) is 29.6. The molecule has 0 fully saturated rings. The minimum absolute atomic E-state index is 0.000470. The molecule has 0 amide bonds. The second-order valence-electron chi connectivity index (χ2n) is 11.4. The predicted octanol–water partition coefficient (Wildman–Crippen LogP) is 7.43. The second-order valence-corrected chi connectivity index (χ2v) is 12.7. The van der Waals surface area contributed by atoms with Gasteiger partial charge in [-0.15, -0.1) is 0 Å². The first kappa shape index (κ1) is 31.8. The van der Waals surface area contributed by atoms with Crippen molar-refractivity contribution in [2.75, 3.05) is 0 Å². The molecule has 212 valence electrons. The molecule has 0 heterocycles. The zero-order valence-electron chi connectivity index (χ0n) is 23.2. The monoisotopic (exact) mass is 559 g/mol. The van der Waals surface area contributed by atoms with Gasteiger partial charge in [0, 0.05) is 0 Å². The Balaban J connectivity index is 2.96. The molecule has 0 aliphatic rings. The van der Waals surface area contributed by atoms with Gasteiger partial charge < -0.3 is 9.29 Å². The summed E-state index contributed by atoms with van der Waals surface area (Å²) >= 11 is 0. The maximum Gasteiger partial charge on any atom is 0.344 e. The third kappa shape index (κ3) is 5.76. The van der Waals surface area contributed by atoms with Crippen molar-refractivity contribution in [2.45, 2.75) is 103 Å². The summed E-state index contributed by atoms with van der Waals surface area (Å²) in [4.78, 5) is 11.3. The summed E-state index contributed by atoms with van der Waals surface area (Å²) in [5, 5.41) is 0. The Morgan fingerprint density at radius 2 is 1.13 bits per heavy atom. The zero-order valence-corrected chi connectivity index (χ0v) is 24.1. The third-order valence-corrected chi connectivity index (χ3v) is 8.72. The SMILES string of the molecule is CCC(C)(C)c1cc(C(C)(C)CC)c(C(=O)Oc2c(F)c(F)c(S(=O)(=O)[O-])c(F)c2F)c(C(C)(C)CC)c1. The van der Waals surface area contributed by atoms with Gasteiger partial charge in [0.15, 0.2) is 11.6 Å². The van der Waals surface area contributed by atoms with Crippen LogP contribution in [0.25, 0.3) is 0 Å². The van der Waals surface area contributed by atoms with Gasteiger partial charge in [-0.05, 0) is 52.2 Å². The van der Waals surface area contributed by atoms with E-state index in [1.165, 1.54) is 0 Å². The molecule has 0 N–H and O–H groups in total. The van der Waals surface area contributed by atoms with E-state index in [1.807, 2.05) is 74.4 Å². The van der Waals surface area contributed by atoms with E-state index in [2.05, 4.69) is 0 Å². The topological polar surface area (TPSA) is 83.5 Å². The first-order valence-corrected chi connectivity index (χ1v) is 13.8. The molecule has 0 saturated carbocycles. The van der Waals surface area contributed by atoms with Gasteiger partial charge in [0.05, 0.1) is 5.56 Å². The Morgan fingerprint density at radius 3 is 1.45 bits per heavy atom. The molecule has 2 aromatic rings. The molecule has 0 unspecified atom stereocenters. The van der Waals surface area contributed by atoms with Crippen LogP contribution < -0.4 is 4.74 Å². The predicted molar refractivity (Wildman–Crippen MR) is 136 cm³/mol. The number of hydrogen-bond acceptors (Lipinski definition) is 5. The highest BCUT2D eigenvalue weighted by molar-refractivity contribution is 7.85. The smallest absolute Gasteiger partial charge is 0.344 e. The standard InChI is InChI=1S/C28H36F4O5S/c1-10-26(4,5)15-13-16(27(6,7)11-2)18(17(14-15)28(8,9)12-3)25(33)37-23-19(29)21(31)24(38(34,35)36)22(32)20(23)30/h13-14H,10-12H2,1-9H3,(H,34,35,36)/p-1. The Morgan fingerprint density at radius 1 is 0.763 bits per heavy atom. The van der Waals surface area contributed by atoms with Gasteiger partial charge >= 0.3 is 5.97 Å². The summed E-state index contributed by atoms with van der Waals surface area (Å²) in [5.41, 5.74) is 0.455. The fraction of sp³-hybridized carbons (Fsp3) is 0.536. The quantitative estimate of drug-likeness (QED) is 0.105. The molecule has 0 aromatic heterocycles. The van der Waals surface area contributed by atoms with E-state index in [0.717, 1.165) is 12.0 Å². The van der Waals surface area contributed by atoms with Crippen LogP contribution in [-0.4, -0.2) is 18.9 Å². The summed E-state index contributed by atoms with van der Waals surface area (Å²) in [6, 6.07) is 3.69. The van der Waals surface area contributed by atoms with Gasteiger partial charge in [-0.25, -0.2) is 22.0 Å². The first-order valence-electron chi connectivity index (χ1n) is 12.4. The number of ether oxygens (including phenoxy) is 1. The molecular weight excluding hydrogens is 524 g/mol. The molecule has 0 aliphatic heterocycles. The molecule has 0 atom stereocenters. The van der Waals surface area contributed by atoms with Crippen molar-refractivity contribution in [3.63, 3.8) is 0 Å². The highest BCUT2D eigenvalue weighted by Gasteiger charge is 2.37. The lowest BCUT2D eigenvalue weighted by Crippen LogP contribution is -2.30. The number of esters is 1. The largest absolute Gasteiger partial charge is 0.744 e. The van der Waals surface area contributed by atoms with Crippen molar-refractivity contribution in [3.8, 4) is 5.75 Å². The fourth-order valence-corrected chi connectivity index (χ4v) is 4.57. The van der Waals surface area contributed by atoms with Crippen LogP contribution >= 0.6 is 0 Å². The summed E-state index contributed by atoms with van der Waals surface area (Å²) in [5.74, 6) is -12.6. The normalized spacial score (nSPS) is 13.1. The Bertz CT molecular complexity index is 1300. The average molecular weight is 560 g/mol. The highest BCUT2D eigenvalue weighted by atomic mass is 32.2. The van der Waals surface area contributed by atoms with E-state index in [1.54, 1.807) is 0 Å². The van der Waals surface area contributed by atoms with Gasteiger partial charge in [0.25, 0.3) is 0 Å². The first-order chi connectivity index (χ1) is 17.2. The number of halogens is 4. The molecule has 0 aliphatic carbocycles. The minimum atomic E-state index is -5.91. The van der Waals surface area contributed by atoms with E-state index in [9.17, 15) is 35.3 Å².